The van der Waals surface area contributed by atoms with Gasteiger partial charge >= 0.3 is 0 Å². The van der Waals surface area contributed by atoms with Gasteiger partial charge in [-0.1, -0.05) is 6.92 Å². The lowest BCUT2D eigenvalue weighted by molar-refractivity contribution is 0.0743. The fourth-order valence-corrected chi connectivity index (χ4v) is 3.00. The highest BCUT2D eigenvalue weighted by Gasteiger charge is 2.33. The van der Waals surface area contributed by atoms with E-state index in [2.05, 4.69) is 0 Å². The Balaban J connectivity index is 2.37. The fourth-order valence-electron chi connectivity index (χ4n) is 2.27. The van der Waals surface area contributed by atoms with Gasteiger partial charge < -0.3 is 9.64 Å². The summed E-state index contributed by atoms with van der Waals surface area (Å²) in [5, 5.41) is 5.18. The maximum Gasteiger partial charge on any atom is 0.254 e. The third kappa shape index (κ3) is 3.54. The number of benzene rings is 1. The standard InChI is InChI=1S/C14H20N2O4S/c1-3-8-16(11-5-6-11)14(17)10-4-7-12(20-2)13(9-10)21(15,18)19/h4,7,9,11H,3,5-6,8H2,1-2H3,(H2,15,18,19). The van der Waals surface area contributed by atoms with E-state index in [-0.39, 0.29) is 22.6 Å². The van der Waals surface area contributed by atoms with Crippen molar-refractivity contribution in [1.82, 2.24) is 4.90 Å². The topological polar surface area (TPSA) is 89.7 Å². The molecule has 6 nitrogen and oxygen atoms in total. The van der Waals surface area contributed by atoms with Crippen LogP contribution in [0.25, 0.3) is 0 Å². The molecule has 7 heteroatoms. The van der Waals surface area contributed by atoms with Crippen LogP contribution in [0.2, 0.25) is 0 Å². The van der Waals surface area contributed by atoms with E-state index in [1.165, 1.54) is 19.2 Å². The van der Waals surface area contributed by atoms with E-state index in [0.717, 1.165) is 19.3 Å². The molecule has 1 saturated carbocycles. The summed E-state index contributed by atoms with van der Waals surface area (Å²) in [4.78, 5) is 14.2. The van der Waals surface area contributed by atoms with Crippen molar-refractivity contribution in [1.29, 1.82) is 0 Å². The molecule has 0 aliphatic heterocycles. The molecular weight excluding hydrogens is 292 g/mol. The van der Waals surface area contributed by atoms with Gasteiger partial charge in [0.15, 0.2) is 0 Å². The summed E-state index contributed by atoms with van der Waals surface area (Å²) in [5.41, 5.74) is 0.320. The fraction of sp³-hybridized carbons (Fsp3) is 0.500. The van der Waals surface area contributed by atoms with Gasteiger partial charge in [-0.3, -0.25) is 4.79 Å². The van der Waals surface area contributed by atoms with Crippen molar-refractivity contribution >= 4 is 15.9 Å². The molecule has 2 N–H and O–H groups in total. The monoisotopic (exact) mass is 312 g/mol. The van der Waals surface area contributed by atoms with Gasteiger partial charge in [-0.15, -0.1) is 0 Å². The van der Waals surface area contributed by atoms with Crippen LogP contribution in [0.15, 0.2) is 23.1 Å². The molecule has 0 bridgehead atoms. The Hall–Kier alpha value is -1.60. The van der Waals surface area contributed by atoms with Crippen LogP contribution in [0, 0.1) is 0 Å². The molecule has 0 saturated heterocycles. The predicted octanol–water partition coefficient (Wildman–Crippen LogP) is 1.36. The lowest BCUT2D eigenvalue weighted by Crippen LogP contribution is -2.34. The van der Waals surface area contributed by atoms with Gasteiger partial charge in [-0.05, 0) is 37.5 Å². The lowest BCUT2D eigenvalue weighted by Gasteiger charge is -2.22. The highest BCUT2D eigenvalue weighted by molar-refractivity contribution is 7.89. The smallest absolute Gasteiger partial charge is 0.254 e. The van der Waals surface area contributed by atoms with E-state index in [1.54, 1.807) is 11.0 Å². The number of primary sulfonamides is 1. The maximum atomic E-state index is 12.5. The summed E-state index contributed by atoms with van der Waals surface area (Å²) in [6.45, 7) is 2.67. The number of carbonyl (C=O) groups is 1. The van der Waals surface area contributed by atoms with Crippen molar-refractivity contribution in [3.05, 3.63) is 23.8 Å². The molecule has 1 fully saturated rings. The van der Waals surface area contributed by atoms with Gasteiger partial charge in [0, 0.05) is 18.2 Å². The van der Waals surface area contributed by atoms with Crippen molar-refractivity contribution in [2.45, 2.75) is 37.1 Å². The Labute approximate surface area is 124 Å². The molecule has 1 amide bonds. The second kappa shape index (κ2) is 6.03. The number of methoxy groups -OCH3 is 1. The van der Waals surface area contributed by atoms with Crippen LogP contribution in [-0.2, 0) is 10.0 Å². The minimum atomic E-state index is -3.94. The molecule has 1 aromatic carbocycles. The van der Waals surface area contributed by atoms with Crippen molar-refractivity contribution in [2.24, 2.45) is 5.14 Å². The molecule has 0 radical (unpaired) electrons. The van der Waals surface area contributed by atoms with Crippen molar-refractivity contribution in [2.75, 3.05) is 13.7 Å². The average molecular weight is 312 g/mol. The Morgan fingerprint density at radius 1 is 1.43 bits per heavy atom. The predicted molar refractivity (Wildman–Crippen MR) is 78.7 cm³/mol. The largest absolute Gasteiger partial charge is 0.495 e. The van der Waals surface area contributed by atoms with E-state index in [1.807, 2.05) is 6.92 Å². The summed E-state index contributed by atoms with van der Waals surface area (Å²) in [6, 6.07) is 4.60. The van der Waals surface area contributed by atoms with Crippen LogP contribution >= 0.6 is 0 Å². The third-order valence-electron chi connectivity index (χ3n) is 3.43. The molecule has 1 aromatic rings. The first-order chi connectivity index (χ1) is 9.88. The quantitative estimate of drug-likeness (QED) is 0.858. The van der Waals surface area contributed by atoms with Gasteiger partial charge in [0.2, 0.25) is 10.0 Å². The van der Waals surface area contributed by atoms with Crippen molar-refractivity contribution in [3.8, 4) is 5.75 Å². The zero-order valence-electron chi connectivity index (χ0n) is 12.2. The minimum Gasteiger partial charge on any atom is -0.495 e. The third-order valence-corrected chi connectivity index (χ3v) is 4.36. The molecule has 0 unspecified atom stereocenters. The van der Waals surface area contributed by atoms with Gasteiger partial charge in [0.05, 0.1) is 7.11 Å². The molecule has 116 valence electrons. The summed E-state index contributed by atoms with van der Waals surface area (Å²) in [7, 11) is -2.58. The van der Waals surface area contributed by atoms with Crippen molar-refractivity contribution < 1.29 is 17.9 Å². The van der Waals surface area contributed by atoms with Gasteiger partial charge in [0.25, 0.3) is 5.91 Å². The van der Waals surface area contributed by atoms with Crippen LogP contribution in [0.4, 0.5) is 0 Å². The average Bonchev–Trinajstić information content (AvgIpc) is 3.27. The number of hydrogen-bond acceptors (Lipinski definition) is 4. The number of ether oxygens (including phenoxy) is 1. The van der Waals surface area contributed by atoms with Crippen molar-refractivity contribution in [3.63, 3.8) is 0 Å². The van der Waals surface area contributed by atoms with Gasteiger partial charge in [-0.25, -0.2) is 13.6 Å². The van der Waals surface area contributed by atoms with Crippen LogP contribution in [0.1, 0.15) is 36.5 Å². The van der Waals surface area contributed by atoms with Crippen LogP contribution in [0.5, 0.6) is 5.75 Å². The summed E-state index contributed by atoms with van der Waals surface area (Å²) >= 11 is 0. The van der Waals surface area contributed by atoms with E-state index in [0.29, 0.717) is 12.1 Å². The van der Waals surface area contributed by atoms with E-state index in [9.17, 15) is 13.2 Å². The second-order valence-electron chi connectivity index (χ2n) is 5.14. The van der Waals surface area contributed by atoms with E-state index >= 15 is 0 Å². The number of hydrogen-bond donors (Lipinski definition) is 1. The summed E-state index contributed by atoms with van der Waals surface area (Å²) in [5.74, 6) is -0.0191. The number of rotatable bonds is 6. The first kappa shape index (κ1) is 15.8. The number of carbonyl (C=O) groups excluding carboxylic acids is 1. The number of sulfonamides is 1. The first-order valence-electron chi connectivity index (χ1n) is 6.90. The zero-order valence-corrected chi connectivity index (χ0v) is 13.0. The molecule has 0 heterocycles. The Bertz CT molecular complexity index is 638. The second-order valence-corrected chi connectivity index (χ2v) is 6.67. The zero-order chi connectivity index (χ0) is 15.6. The number of amides is 1. The molecule has 1 aliphatic carbocycles. The minimum absolute atomic E-state index is 0.141. The summed E-state index contributed by atoms with van der Waals surface area (Å²) < 4.78 is 28.2. The number of nitrogens with two attached hydrogens (primary N) is 1. The molecule has 2 rings (SSSR count). The van der Waals surface area contributed by atoms with Gasteiger partial charge in [-0.2, -0.15) is 0 Å². The molecule has 0 atom stereocenters. The summed E-state index contributed by atoms with van der Waals surface area (Å²) in [6.07, 6.45) is 2.87. The highest BCUT2D eigenvalue weighted by Crippen LogP contribution is 2.30. The molecule has 21 heavy (non-hydrogen) atoms. The van der Waals surface area contributed by atoms with E-state index in [4.69, 9.17) is 9.88 Å². The molecule has 0 spiro atoms. The molecular formula is C14H20N2O4S. The lowest BCUT2D eigenvalue weighted by atomic mass is 10.2. The van der Waals surface area contributed by atoms with Gasteiger partial charge in [0.1, 0.15) is 10.6 Å². The Kier molecular flexibility index (Phi) is 4.53. The maximum absolute atomic E-state index is 12.5. The Morgan fingerprint density at radius 3 is 2.57 bits per heavy atom. The molecule has 1 aliphatic rings. The van der Waals surface area contributed by atoms with Crippen LogP contribution in [-0.4, -0.2) is 38.9 Å². The first-order valence-corrected chi connectivity index (χ1v) is 8.45. The molecule has 0 aromatic heterocycles. The van der Waals surface area contributed by atoms with Crippen LogP contribution < -0.4 is 9.88 Å². The number of nitrogens with zero attached hydrogens (tertiary/aromatic N) is 1. The highest BCUT2D eigenvalue weighted by atomic mass is 32.2. The Morgan fingerprint density at radius 2 is 2.10 bits per heavy atom. The SMILES string of the molecule is CCCN(C(=O)c1ccc(OC)c(S(N)(=O)=O)c1)C1CC1. The normalized spacial score (nSPS) is 14.8. The van der Waals surface area contributed by atoms with E-state index < -0.39 is 10.0 Å². The van der Waals surface area contributed by atoms with Crippen LogP contribution in [0.3, 0.4) is 0 Å².